The first kappa shape index (κ1) is 15.8. The van der Waals surface area contributed by atoms with Crippen molar-refractivity contribution in [3.8, 4) is 6.07 Å². The lowest BCUT2D eigenvalue weighted by Gasteiger charge is -2.26. The van der Waals surface area contributed by atoms with Crippen molar-refractivity contribution in [2.75, 3.05) is 17.3 Å². The van der Waals surface area contributed by atoms with Gasteiger partial charge in [-0.2, -0.15) is 5.26 Å². The number of hydrogen-bond acceptors (Lipinski definition) is 3. The highest BCUT2D eigenvalue weighted by Gasteiger charge is 2.21. The fourth-order valence-corrected chi connectivity index (χ4v) is 2.88. The Hall–Kier alpha value is -3.13. The van der Waals surface area contributed by atoms with Gasteiger partial charge < -0.3 is 10.2 Å². The fourth-order valence-electron chi connectivity index (χ4n) is 2.88. The van der Waals surface area contributed by atoms with Gasteiger partial charge in [-0.3, -0.25) is 9.59 Å². The zero-order chi connectivity index (χ0) is 17.1. The van der Waals surface area contributed by atoms with Crippen LogP contribution in [-0.2, 0) is 22.4 Å². The molecular formula is C19H17N3O2. The second-order valence-corrected chi connectivity index (χ2v) is 5.83. The predicted molar refractivity (Wildman–Crippen MR) is 91.7 cm³/mol. The van der Waals surface area contributed by atoms with Gasteiger partial charge in [0.15, 0.2) is 0 Å². The van der Waals surface area contributed by atoms with E-state index in [2.05, 4.69) is 5.32 Å². The standard InChI is InChI=1S/C19H17N3O2/c1-22-17-7-5-13(9-15(17)6-8-19(22)24)11-18(23)21-16-4-2-3-14(10-16)12-20/h2-5,7,9-10H,6,8,11H2,1H3,(H,21,23). The molecule has 0 saturated heterocycles. The zero-order valence-electron chi connectivity index (χ0n) is 13.4. The molecule has 0 bridgehead atoms. The molecular weight excluding hydrogens is 302 g/mol. The number of benzene rings is 2. The van der Waals surface area contributed by atoms with Gasteiger partial charge in [0, 0.05) is 24.8 Å². The van der Waals surface area contributed by atoms with Gasteiger partial charge in [0.1, 0.15) is 0 Å². The number of nitriles is 1. The molecule has 120 valence electrons. The number of anilines is 2. The Labute approximate surface area is 140 Å². The van der Waals surface area contributed by atoms with Crippen LogP contribution in [0, 0.1) is 11.3 Å². The second kappa shape index (κ2) is 6.55. The van der Waals surface area contributed by atoms with Crippen molar-refractivity contribution in [3.63, 3.8) is 0 Å². The molecule has 1 aliphatic rings. The summed E-state index contributed by atoms with van der Waals surface area (Å²) in [6.07, 6.45) is 1.46. The van der Waals surface area contributed by atoms with Crippen LogP contribution >= 0.6 is 0 Å². The smallest absolute Gasteiger partial charge is 0.228 e. The van der Waals surface area contributed by atoms with Gasteiger partial charge in [-0.05, 0) is 41.8 Å². The summed E-state index contributed by atoms with van der Waals surface area (Å²) in [6, 6.07) is 14.6. The van der Waals surface area contributed by atoms with E-state index in [1.54, 1.807) is 36.2 Å². The van der Waals surface area contributed by atoms with Crippen molar-refractivity contribution < 1.29 is 9.59 Å². The maximum Gasteiger partial charge on any atom is 0.228 e. The summed E-state index contributed by atoms with van der Waals surface area (Å²) in [5.74, 6) is -0.0179. The number of nitrogens with zero attached hydrogens (tertiary/aromatic N) is 2. The summed E-state index contributed by atoms with van der Waals surface area (Å²) in [5, 5.41) is 11.7. The van der Waals surface area contributed by atoms with E-state index in [9.17, 15) is 9.59 Å². The molecule has 1 aliphatic heterocycles. The second-order valence-electron chi connectivity index (χ2n) is 5.83. The van der Waals surface area contributed by atoms with Gasteiger partial charge in [0.05, 0.1) is 18.1 Å². The minimum Gasteiger partial charge on any atom is -0.326 e. The molecule has 5 nitrogen and oxygen atoms in total. The third-order valence-electron chi connectivity index (χ3n) is 4.13. The van der Waals surface area contributed by atoms with Crippen LogP contribution < -0.4 is 10.2 Å². The molecule has 0 aromatic heterocycles. The summed E-state index contributed by atoms with van der Waals surface area (Å²) in [5.41, 5.74) is 4.04. The minimum absolute atomic E-state index is 0.116. The number of hydrogen-bond donors (Lipinski definition) is 1. The summed E-state index contributed by atoms with van der Waals surface area (Å²) in [7, 11) is 1.77. The van der Waals surface area contributed by atoms with Gasteiger partial charge in [-0.15, -0.1) is 0 Å². The molecule has 0 aliphatic carbocycles. The summed E-state index contributed by atoms with van der Waals surface area (Å²) < 4.78 is 0. The van der Waals surface area contributed by atoms with Crippen LogP contribution in [0.25, 0.3) is 0 Å². The van der Waals surface area contributed by atoms with E-state index in [1.165, 1.54) is 0 Å². The Morgan fingerprint density at radius 3 is 2.88 bits per heavy atom. The highest BCUT2D eigenvalue weighted by molar-refractivity contribution is 5.96. The summed E-state index contributed by atoms with van der Waals surface area (Å²) >= 11 is 0. The molecule has 2 aromatic carbocycles. The van der Waals surface area contributed by atoms with Crippen molar-refractivity contribution in [2.24, 2.45) is 0 Å². The molecule has 0 fully saturated rings. The van der Waals surface area contributed by atoms with E-state index in [0.717, 1.165) is 16.8 Å². The highest BCUT2D eigenvalue weighted by Crippen LogP contribution is 2.27. The maximum atomic E-state index is 12.2. The number of nitrogens with one attached hydrogen (secondary N) is 1. The number of rotatable bonds is 3. The Morgan fingerprint density at radius 1 is 1.25 bits per heavy atom. The largest absolute Gasteiger partial charge is 0.326 e. The van der Waals surface area contributed by atoms with E-state index < -0.39 is 0 Å². The number of amides is 2. The minimum atomic E-state index is -0.134. The zero-order valence-corrected chi connectivity index (χ0v) is 13.4. The summed E-state index contributed by atoms with van der Waals surface area (Å²) in [6.45, 7) is 0. The number of carbonyl (C=O) groups is 2. The number of fused-ring (bicyclic) bond motifs is 1. The molecule has 24 heavy (non-hydrogen) atoms. The molecule has 0 saturated carbocycles. The van der Waals surface area contributed by atoms with Gasteiger partial charge in [0.2, 0.25) is 11.8 Å². The molecule has 0 radical (unpaired) electrons. The van der Waals surface area contributed by atoms with Crippen LogP contribution in [0.15, 0.2) is 42.5 Å². The van der Waals surface area contributed by atoms with Crippen LogP contribution in [0.5, 0.6) is 0 Å². The van der Waals surface area contributed by atoms with Gasteiger partial charge in [-0.1, -0.05) is 18.2 Å². The van der Waals surface area contributed by atoms with E-state index in [-0.39, 0.29) is 18.2 Å². The first-order valence-electron chi connectivity index (χ1n) is 7.75. The molecule has 2 aromatic rings. The predicted octanol–water partition coefficient (Wildman–Crippen LogP) is 2.65. The molecule has 0 unspecified atom stereocenters. The third kappa shape index (κ3) is 3.28. The van der Waals surface area contributed by atoms with Crippen molar-refractivity contribution in [2.45, 2.75) is 19.3 Å². The van der Waals surface area contributed by atoms with Crippen LogP contribution in [0.2, 0.25) is 0 Å². The van der Waals surface area contributed by atoms with E-state index in [1.807, 2.05) is 24.3 Å². The molecule has 2 amide bonds. The Bertz CT molecular complexity index is 852. The molecule has 1 heterocycles. The Balaban J connectivity index is 1.71. The first-order chi connectivity index (χ1) is 11.6. The lowest BCUT2D eigenvalue weighted by molar-refractivity contribution is -0.118. The van der Waals surface area contributed by atoms with Gasteiger partial charge in [-0.25, -0.2) is 0 Å². The summed E-state index contributed by atoms with van der Waals surface area (Å²) in [4.78, 5) is 25.6. The van der Waals surface area contributed by atoms with E-state index in [4.69, 9.17) is 5.26 Å². The Morgan fingerprint density at radius 2 is 2.08 bits per heavy atom. The van der Waals surface area contributed by atoms with Crippen molar-refractivity contribution in [3.05, 3.63) is 59.2 Å². The maximum absolute atomic E-state index is 12.2. The lowest BCUT2D eigenvalue weighted by Crippen LogP contribution is -2.31. The highest BCUT2D eigenvalue weighted by atomic mass is 16.2. The van der Waals surface area contributed by atoms with Gasteiger partial charge >= 0.3 is 0 Å². The van der Waals surface area contributed by atoms with Crippen LogP contribution in [-0.4, -0.2) is 18.9 Å². The van der Waals surface area contributed by atoms with Crippen molar-refractivity contribution in [1.82, 2.24) is 0 Å². The Kier molecular flexibility index (Phi) is 4.30. The fraction of sp³-hybridized carbons (Fsp3) is 0.211. The molecule has 0 atom stereocenters. The number of carbonyl (C=O) groups excluding carboxylic acids is 2. The average molecular weight is 319 g/mol. The van der Waals surface area contributed by atoms with Gasteiger partial charge in [0.25, 0.3) is 0 Å². The average Bonchev–Trinajstić information content (AvgIpc) is 2.58. The SMILES string of the molecule is CN1C(=O)CCc2cc(CC(=O)Nc3cccc(C#N)c3)ccc21. The monoisotopic (exact) mass is 319 g/mol. The molecule has 1 N–H and O–H groups in total. The molecule has 3 rings (SSSR count). The quantitative estimate of drug-likeness (QED) is 0.945. The first-order valence-corrected chi connectivity index (χ1v) is 7.75. The van der Waals surface area contributed by atoms with E-state index in [0.29, 0.717) is 24.1 Å². The normalized spacial score (nSPS) is 13.2. The van der Waals surface area contributed by atoms with E-state index >= 15 is 0 Å². The third-order valence-corrected chi connectivity index (χ3v) is 4.13. The molecule has 0 spiro atoms. The lowest BCUT2D eigenvalue weighted by atomic mass is 9.98. The van der Waals surface area contributed by atoms with Crippen molar-refractivity contribution >= 4 is 23.2 Å². The molecule has 5 heteroatoms. The van der Waals surface area contributed by atoms with Crippen LogP contribution in [0.4, 0.5) is 11.4 Å². The topological polar surface area (TPSA) is 73.2 Å². The van der Waals surface area contributed by atoms with Crippen LogP contribution in [0.3, 0.4) is 0 Å². The van der Waals surface area contributed by atoms with Crippen molar-refractivity contribution in [1.29, 1.82) is 5.26 Å². The number of aryl methyl sites for hydroxylation is 1. The van der Waals surface area contributed by atoms with Crippen LogP contribution in [0.1, 0.15) is 23.1 Å².